The number of ether oxygens (including phenoxy) is 1. The fraction of sp³-hybridized carbons (Fsp3) is 0.500. The number of para-hydroxylation sites is 1. The largest absolute Gasteiger partial charge is 0.491 e. The molecule has 3 atom stereocenters. The van der Waals surface area contributed by atoms with Gasteiger partial charge in [-0.2, -0.15) is 0 Å². The predicted octanol–water partition coefficient (Wildman–Crippen LogP) is 3.47. The van der Waals surface area contributed by atoms with E-state index in [4.69, 9.17) is 4.74 Å². The highest BCUT2D eigenvalue weighted by molar-refractivity contribution is 6.01. The Kier molecular flexibility index (Phi) is 11.9. The van der Waals surface area contributed by atoms with Crippen molar-refractivity contribution in [1.82, 2.24) is 20.9 Å². The van der Waals surface area contributed by atoms with Crippen LogP contribution in [0.2, 0.25) is 0 Å². The lowest BCUT2D eigenvalue weighted by atomic mass is 9.99. The maximum absolute atomic E-state index is 13.7. The number of nitrogens with zero attached hydrogens (tertiary/aromatic N) is 1. The summed E-state index contributed by atoms with van der Waals surface area (Å²) in [6.45, 7) is 8.42. The fourth-order valence-corrected chi connectivity index (χ4v) is 4.96. The predicted molar refractivity (Wildman–Crippen MR) is 158 cm³/mol. The van der Waals surface area contributed by atoms with Gasteiger partial charge in [0.15, 0.2) is 0 Å². The molecule has 1 heterocycles. The smallest absolute Gasteiger partial charge is 0.255 e. The van der Waals surface area contributed by atoms with E-state index in [2.05, 4.69) is 29.8 Å². The SMILES string of the molecule is CC(C)C[C@H]1COc2ccccc2C(=O)N[C@H](C(=O)NCCc2ccc(F)cc2)CC(=O)N[C@H](CC(C)C)C(=O)N1C. The molecule has 0 spiro atoms. The van der Waals surface area contributed by atoms with Gasteiger partial charge in [-0.05, 0) is 60.9 Å². The van der Waals surface area contributed by atoms with Crippen LogP contribution in [0, 0.1) is 17.7 Å². The Bertz CT molecular complexity index is 1230. The van der Waals surface area contributed by atoms with E-state index in [0.717, 1.165) is 5.56 Å². The van der Waals surface area contributed by atoms with Gasteiger partial charge in [-0.1, -0.05) is 52.0 Å². The van der Waals surface area contributed by atoms with Gasteiger partial charge >= 0.3 is 0 Å². The Morgan fingerprint density at radius 2 is 1.67 bits per heavy atom. The summed E-state index contributed by atoms with van der Waals surface area (Å²) in [5.74, 6) is -1.51. The zero-order valence-electron chi connectivity index (χ0n) is 25.1. The first-order chi connectivity index (χ1) is 19.9. The van der Waals surface area contributed by atoms with Gasteiger partial charge in [0.25, 0.3) is 5.91 Å². The first kappa shape index (κ1) is 32.6. The van der Waals surface area contributed by atoms with Crippen molar-refractivity contribution in [2.45, 2.75) is 71.5 Å². The number of hydrogen-bond donors (Lipinski definition) is 3. The molecule has 2 aromatic rings. The van der Waals surface area contributed by atoms with E-state index in [9.17, 15) is 23.6 Å². The van der Waals surface area contributed by atoms with E-state index >= 15 is 0 Å². The first-order valence-electron chi connectivity index (χ1n) is 14.6. The third-order valence-corrected chi connectivity index (χ3v) is 7.18. The van der Waals surface area contributed by atoms with Gasteiger partial charge in [0.05, 0.1) is 18.0 Å². The minimum absolute atomic E-state index is 0.114. The van der Waals surface area contributed by atoms with Gasteiger partial charge in [-0.25, -0.2) is 4.39 Å². The number of fused-ring (bicyclic) bond motifs is 1. The second-order valence-electron chi connectivity index (χ2n) is 11.7. The molecule has 4 amide bonds. The molecular weight excluding hydrogens is 539 g/mol. The van der Waals surface area contributed by atoms with Crippen molar-refractivity contribution in [1.29, 1.82) is 0 Å². The fourth-order valence-electron chi connectivity index (χ4n) is 4.96. The Hall–Kier alpha value is -3.95. The second-order valence-corrected chi connectivity index (χ2v) is 11.7. The van der Waals surface area contributed by atoms with E-state index in [0.29, 0.717) is 25.0 Å². The number of halogens is 1. The molecule has 228 valence electrons. The molecule has 10 heteroatoms. The Morgan fingerprint density at radius 3 is 2.33 bits per heavy atom. The summed E-state index contributed by atoms with van der Waals surface area (Å²) >= 11 is 0. The molecule has 0 radical (unpaired) electrons. The number of benzene rings is 2. The highest BCUT2D eigenvalue weighted by atomic mass is 19.1. The Labute approximate surface area is 247 Å². The molecule has 1 aliphatic rings. The topological polar surface area (TPSA) is 117 Å². The number of hydrogen-bond acceptors (Lipinski definition) is 5. The van der Waals surface area contributed by atoms with Crippen molar-refractivity contribution in [3.8, 4) is 5.75 Å². The molecule has 0 saturated carbocycles. The van der Waals surface area contributed by atoms with Gasteiger partial charge in [0.2, 0.25) is 17.7 Å². The van der Waals surface area contributed by atoms with Crippen LogP contribution < -0.4 is 20.7 Å². The molecule has 0 aliphatic carbocycles. The minimum atomic E-state index is -1.21. The third-order valence-electron chi connectivity index (χ3n) is 7.18. The van der Waals surface area contributed by atoms with Crippen LogP contribution in [0.15, 0.2) is 48.5 Å². The molecule has 0 unspecified atom stereocenters. The van der Waals surface area contributed by atoms with E-state index < -0.39 is 29.8 Å². The van der Waals surface area contributed by atoms with Crippen LogP contribution in [-0.2, 0) is 20.8 Å². The molecule has 3 N–H and O–H groups in total. The molecule has 0 aromatic heterocycles. The number of amides is 4. The number of rotatable bonds is 8. The van der Waals surface area contributed by atoms with Crippen molar-refractivity contribution < 1.29 is 28.3 Å². The Balaban J connectivity index is 1.88. The molecule has 1 aliphatic heterocycles. The van der Waals surface area contributed by atoms with Crippen LogP contribution in [0.4, 0.5) is 4.39 Å². The molecule has 0 saturated heterocycles. The van der Waals surface area contributed by atoms with Crippen LogP contribution in [0.5, 0.6) is 5.75 Å². The summed E-state index contributed by atoms with van der Waals surface area (Å²) in [6, 6.07) is 10.3. The minimum Gasteiger partial charge on any atom is -0.491 e. The quantitative estimate of drug-likeness (QED) is 0.441. The zero-order valence-corrected chi connectivity index (χ0v) is 25.1. The molecule has 9 nitrogen and oxygen atoms in total. The van der Waals surface area contributed by atoms with Gasteiger partial charge in [-0.3, -0.25) is 19.2 Å². The molecule has 0 fully saturated rings. The average Bonchev–Trinajstić information content (AvgIpc) is 2.94. The third kappa shape index (κ3) is 9.56. The van der Waals surface area contributed by atoms with Crippen LogP contribution >= 0.6 is 0 Å². The van der Waals surface area contributed by atoms with Crippen molar-refractivity contribution in [3.05, 3.63) is 65.5 Å². The van der Waals surface area contributed by atoms with Crippen LogP contribution in [0.25, 0.3) is 0 Å². The summed E-state index contributed by atoms with van der Waals surface area (Å²) in [6.07, 6.45) is 1.15. The van der Waals surface area contributed by atoms with Crippen LogP contribution in [-0.4, -0.2) is 66.9 Å². The summed E-state index contributed by atoms with van der Waals surface area (Å²) in [5.41, 5.74) is 1.04. The van der Waals surface area contributed by atoms with Gasteiger partial charge in [-0.15, -0.1) is 0 Å². The lowest BCUT2D eigenvalue weighted by Gasteiger charge is -2.33. The summed E-state index contributed by atoms with van der Waals surface area (Å²) < 4.78 is 19.3. The van der Waals surface area contributed by atoms with Gasteiger partial charge in [0.1, 0.15) is 30.3 Å². The monoisotopic (exact) mass is 582 g/mol. The summed E-state index contributed by atoms with van der Waals surface area (Å²) in [7, 11) is 1.71. The molecule has 3 rings (SSSR count). The normalized spacial score (nSPS) is 20.3. The second kappa shape index (κ2) is 15.3. The number of carbonyl (C=O) groups excluding carboxylic acids is 4. The maximum atomic E-state index is 13.7. The standard InChI is InChI=1S/C32H43FN4O5/c1-20(2)16-24-19-42-28-9-7-6-8-25(28)30(39)36-26(31(40)34-15-14-22-10-12-23(33)13-11-22)18-29(38)35-27(17-21(3)4)32(41)37(24)5/h6-13,20-21,24,26-27H,14-19H2,1-5H3,(H,34,40)(H,35,38)(H,36,39)/t24-,26-,27+/m0/s1. The highest BCUT2D eigenvalue weighted by Gasteiger charge is 2.32. The zero-order chi connectivity index (χ0) is 30.8. The Morgan fingerprint density at radius 1 is 1.00 bits per heavy atom. The van der Waals surface area contributed by atoms with Crippen molar-refractivity contribution >= 4 is 23.6 Å². The number of carbonyl (C=O) groups is 4. The van der Waals surface area contributed by atoms with E-state index in [1.807, 2.05) is 13.8 Å². The molecule has 0 bridgehead atoms. The maximum Gasteiger partial charge on any atom is 0.255 e. The van der Waals surface area contributed by atoms with E-state index in [1.165, 1.54) is 12.1 Å². The average molecular weight is 583 g/mol. The van der Waals surface area contributed by atoms with Crippen molar-refractivity contribution in [3.63, 3.8) is 0 Å². The summed E-state index contributed by atoms with van der Waals surface area (Å²) in [4.78, 5) is 55.2. The number of nitrogens with one attached hydrogen (secondary N) is 3. The molecule has 2 aromatic carbocycles. The van der Waals surface area contributed by atoms with Crippen LogP contribution in [0.1, 0.15) is 62.9 Å². The lowest BCUT2D eigenvalue weighted by molar-refractivity contribution is -0.138. The lowest BCUT2D eigenvalue weighted by Crippen LogP contribution is -2.54. The van der Waals surface area contributed by atoms with Gasteiger partial charge < -0.3 is 25.6 Å². The van der Waals surface area contributed by atoms with E-state index in [1.54, 1.807) is 48.3 Å². The molecular formula is C32H43FN4O5. The van der Waals surface area contributed by atoms with Crippen molar-refractivity contribution in [2.24, 2.45) is 11.8 Å². The summed E-state index contributed by atoms with van der Waals surface area (Å²) in [5, 5.41) is 8.28. The number of likely N-dealkylation sites (N-methyl/N-ethyl adjacent to an activating group) is 1. The van der Waals surface area contributed by atoms with Crippen LogP contribution in [0.3, 0.4) is 0 Å². The van der Waals surface area contributed by atoms with Gasteiger partial charge in [0, 0.05) is 13.6 Å². The first-order valence-corrected chi connectivity index (χ1v) is 14.6. The highest BCUT2D eigenvalue weighted by Crippen LogP contribution is 2.22. The van der Waals surface area contributed by atoms with E-state index in [-0.39, 0.29) is 54.7 Å². The van der Waals surface area contributed by atoms with Crippen molar-refractivity contribution in [2.75, 3.05) is 20.2 Å². The molecule has 42 heavy (non-hydrogen) atoms.